The number of ether oxygens (including phenoxy) is 1. The Hall–Kier alpha value is -1.55. The largest absolute Gasteiger partial charge is 0.508 e. The Morgan fingerprint density at radius 2 is 2.18 bits per heavy atom. The smallest absolute Gasteiger partial charge is 0.311 e. The normalized spacial score (nSPS) is 19.9. The quantitative estimate of drug-likeness (QED) is 0.618. The van der Waals surface area contributed by atoms with Crippen molar-refractivity contribution in [2.75, 3.05) is 13.1 Å². The van der Waals surface area contributed by atoms with Crippen molar-refractivity contribution in [2.45, 2.75) is 19.3 Å². The summed E-state index contributed by atoms with van der Waals surface area (Å²) >= 11 is 0. The van der Waals surface area contributed by atoms with E-state index in [0.29, 0.717) is 18.1 Å². The Morgan fingerprint density at radius 1 is 1.41 bits per heavy atom. The molecule has 0 aromatic heterocycles. The maximum absolute atomic E-state index is 11.7. The zero-order valence-corrected chi connectivity index (χ0v) is 9.69. The number of hydrogen-bond donors (Lipinski definition) is 2. The topological polar surface area (TPSA) is 58.6 Å². The Balaban J connectivity index is 1.82. The summed E-state index contributed by atoms with van der Waals surface area (Å²) in [4.78, 5) is 11.7. The van der Waals surface area contributed by atoms with Crippen molar-refractivity contribution in [1.29, 1.82) is 0 Å². The number of phenols is 1. The van der Waals surface area contributed by atoms with Gasteiger partial charge >= 0.3 is 5.97 Å². The molecule has 1 saturated heterocycles. The van der Waals surface area contributed by atoms with Crippen molar-refractivity contribution in [1.82, 2.24) is 5.32 Å². The molecule has 4 nitrogen and oxygen atoms in total. The highest BCUT2D eigenvalue weighted by Crippen LogP contribution is 2.19. The number of benzene rings is 1. The molecule has 17 heavy (non-hydrogen) atoms. The molecular formula is C13H17NO3. The minimum absolute atomic E-state index is 0.168. The Bertz CT molecular complexity index is 369. The van der Waals surface area contributed by atoms with Crippen LogP contribution in [0.15, 0.2) is 24.3 Å². The number of nitrogens with one attached hydrogen (secondary N) is 1. The van der Waals surface area contributed by atoms with E-state index in [0.717, 1.165) is 25.9 Å². The van der Waals surface area contributed by atoms with Crippen LogP contribution in [0.2, 0.25) is 0 Å². The van der Waals surface area contributed by atoms with Crippen LogP contribution in [0, 0.1) is 5.92 Å². The molecule has 2 rings (SSSR count). The lowest BCUT2D eigenvalue weighted by molar-refractivity contribution is -0.135. The summed E-state index contributed by atoms with van der Waals surface area (Å²) in [5, 5.41) is 12.4. The van der Waals surface area contributed by atoms with E-state index in [4.69, 9.17) is 9.84 Å². The molecule has 0 amide bonds. The summed E-state index contributed by atoms with van der Waals surface area (Å²) in [5.74, 6) is 0.829. The number of carbonyl (C=O) groups excluding carboxylic acids is 1. The number of aromatic hydroxyl groups is 1. The van der Waals surface area contributed by atoms with Crippen molar-refractivity contribution in [3.05, 3.63) is 24.3 Å². The van der Waals surface area contributed by atoms with Gasteiger partial charge in [0.25, 0.3) is 0 Å². The van der Waals surface area contributed by atoms with Crippen LogP contribution < -0.4 is 10.1 Å². The van der Waals surface area contributed by atoms with E-state index in [2.05, 4.69) is 5.32 Å². The predicted octanol–water partition coefficient (Wildman–Crippen LogP) is 1.69. The first-order valence-corrected chi connectivity index (χ1v) is 5.94. The predicted molar refractivity (Wildman–Crippen MR) is 64.0 cm³/mol. The van der Waals surface area contributed by atoms with Crippen LogP contribution in [0.4, 0.5) is 0 Å². The third-order valence-corrected chi connectivity index (χ3v) is 2.92. The van der Waals surface area contributed by atoms with Gasteiger partial charge in [0.1, 0.15) is 11.5 Å². The van der Waals surface area contributed by atoms with Gasteiger partial charge in [-0.05, 0) is 56.1 Å². The van der Waals surface area contributed by atoms with Crippen LogP contribution in [0.25, 0.3) is 0 Å². The number of rotatable bonds is 3. The Morgan fingerprint density at radius 3 is 2.82 bits per heavy atom. The maximum Gasteiger partial charge on any atom is 0.311 e. The van der Waals surface area contributed by atoms with Crippen LogP contribution in [-0.2, 0) is 4.79 Å². The molecule has 2 N–H and O–H groups in total. The monoisotopic (exact) mass is 235 g/mol. The van der Waals surface area contributed by atoms with Gasteiger partial charge in [0, 0.05) is 6.42 Å². The van der Waals surface area contributed by atoms with Crippen LogP contribution >= 0.6 is 0 Å². The summed E-state index contributed by atoms with van der Waals surface area (Å²) in [6.45, 7) is 1.94. The van der Waals surface area contributed by atoms with Crippen molar-refractivity contribution in [3.63, 3.8) is 0 Å². The molecule has 1 aliphatic heterocycles. The average molecular weight is 235 g/mol. The van der Waals surface area contributed by atoms with Gasteiger partial charge in [-0.3, -0.25) is 4.79 Å². The lowest BCUT2D eigenvalue weighted by Gasteiger charge is -2.21. The Kier molecular flexibility index (Phi) is 3.98. The lowest BCUT2D eigenvalue weighted by Crippen LogP contribution is -2.31. The highest BCUT2D eigenvalue weighted by Gasteiger charge is 2.17. The maximum atomic E-state index is 11.7. The van der Waals surface area contributed by atoms with Gasteiger partial charge in [-0.1, -0.05) is 0 Å². The molecule has 92 valence electrons. The standard InChI is InChI=1S/C13H17NO3/c15-11-3-5-12(6-4-11)17-13(16)8-10-2-1-7-14-9-10/h3-6,10,14-15H,1-2,7-9H2. The van der Waals surface area contributed by atoms with Crippen LogP contribution in [0.3, 0.4) is 0 Å². The third kappa shape index (κ3) is 3.75. The highest BCUT2D eigenvalue weighted by atomic mass is 16.5. The van der Waals surface area contributed by atoms with Crippen LogP contribution in [0.1, 0.15) is 19.3 Å². The van der Waals surface area contributed by atoms with Crippen molar-refractivity contribution >= 4 is 5.97 Å². The highest BCUT2D eigenvalue weighted by molar-refractivity contribution is 5.72. The zero-order valence-electron chi connectivity index (χ0n) is 9.69. The van der Waals surface area contributed by atoms with E-state index in [1.165, 1.54) is 12.1 Å². The van der Waals surface area contributed by atoms with Gasteiger partial charge in [-0.2, -0.15) is 0 Å². The molecular weight excluding hydrogens is 218 g/mol. The first-order chi connectivity index (χ1) is 8.24. The summed E-state index contributed by atoms with van der Waals surface area (Å²) in [6.07, 6.45) is 2.66. The van der Waals surface area contributed by atoms with E-state index >= 15 is 0 Å². The molecule has 1 atom stereocenters. The lowest BCUT2D eigenvalue weighted by atomic mass is 9.96. The van der Waals surface area contributed by atoms with Gasteiger partial charge < -0.3 is 15.2 Å². The van der Waals surface area contributed by atoms with E-state index in [9.17, 15) is 4.79 Å². The first kappa shape index (κ1) is 11.9. The van der Waals surface area contributed by atoms with Crippen molar-refractivity contribution in [2.24, 2.45) is 5.92 Å². The molecule has 4 heteroatoms. The van der Waals surface area contributed by atoms with Gasteiger partial charge in [0.15, 0.2) is 0 Å². The molecule has 1 unspecified atom stereocenters. The van der Waals surface area contributed by atoms with E-state index in [-0.39, 0.29) is 11.7 Å². The number of piperidine rings is 1. The molecule has 0 radical (unpaired) electrons. The number of carbonyl (C=O) groups is 1. The minimum atomic E-state index is -0.204. The summed E-state index contributed by atoms with van der Waals surface area (Å²) in [7, 11) is 0. The van der Waals surface area contributed by atoms with Crippen molar-refractivity contribution < 1.29 is 14.6 Å². The number of phenolic OH excluding ortho intramolecular Hbond substituents is 1. The van der Waals surface area contributed by atoms with Gasteiger partial charge in [-0.25, -0.2) is 0 Å². The Labute approximate surface area is 101 Å². The molecule has 1 aliphatic rings. The van der Waals surface area contributed by atoms with E-state index in [1.54, 1.807) is 12.1 Å². The molecule has 0 saturated carbocycles. The second-order valence-corrected chi connectivity index (χ2v) is 4.38. The van der Waals surface area contributed by atoms with Gasteiger partial charge in [-0.15, -0.1) is 0 Å². The molecule has 1 aromatic carbocycles. The number of hydrogen-bond acceptors (Lipinski definition) is 4. The SMILES string of the molecule is O=C(CC1CCCNC1)Oc1ccc(O)cc1. The van der Waals surface area contributed by atoms with Crippen LogP contribution in [-0.4, -0.2) is 24.2 Å². The summed E-state index contributed by atoms with van der Waals surface area (Å²) in [6, 6.07) is 6.19. The molecule has 1 aromatic rings. The second kappa shape index (κ2) is 5.68. The summed E-state index contributed by atoms with van der Waals surface area (Å²) in [5.41, 5.74) is 0. The molecule has 1 heterocycles. The zero-order chi connectivity index (χ0) is 12.1. The first-order valence-electron chi connectivity index (χ1n) is 5.94. The second-order valence-electron chi connectivity index (χ2n) is 4.38. The van der Waals surface area contributed by atoms with Gasteiger partial charge in [0.2, 0.25) is 0 Å². The number of esters is 1. The fourth-order valence-electron chi connectivity index (χ4n) is 2.02. The van der Waals surface area contributed by atoms with Crippen molar-refractivity contribution in [3.8, 4) is 11.5 Å². The molecule has 0 bridgehead atoms. The minimum Gasteiger partial charge on any atom is -0.508 e. The molecule has 0 aliphatic carbocycles. The molecule has 0 spiro atoms. The van der Waals surface area contributed by atoms with Gasteiger partial charge in [0.05, 0.1) is 0 Å². The van der Waals surface area contributed by atoms with E-state index < -0.39 is 0 Å². The fourth-order valence-corrected chi connectivity index (χ4v) is 2.02. The summed E-state index contributed by atoms with van der Waals surface area (Å²) < 4.78 is 5.19. The fraction of sp³-hybridized carbons (Fsp3) is 0.462. The van der Waals surface area contributed by atoms with Crippen LogP contribution in [0.5, 0.6) is 11.5 Å². The van der Waals surface area contributed by atoms with E-state index in [1.807, 2.05) is 0 Å². The third-order valence-electron chi connectivity index (χ3n) is 2.92. The molecule has 1 fully saturated rings. The average Bonchev–Trinajstić information content (AvgIpc) is 2.33.